The van der Waals surface area contributed by atoms with Crippen molar-refractivity contribution in [1.29, 1.82) is 0 Å². The third kappa shape index (κ3) is 2.90. The van der Waals surface area contributed by atoms with E-state index in [0.29, 0.717) is 18.7 Å². The predicted octanol–water partition coefficient (Wildman–Crippen LogP) is 1.21. The summed E-state index contributed by atoms with van der Waals surface area (Å²) in [5.74, 6) is -0.327. The average molecular weight is 313 g/mol. The smallest absolute Gasteiger partial charge is 0.254 e. The van der Waals surface area contributed by atoms with Gasteiger partial charge in [0.1, 0.15) is 0 Å². The van der Waals surface area contributed by atoms with Gasteiger partial charge in [0.2, 0.25) is 0 Å². The van der Waals surface area contributed by atoms with Gasteiger partial charge in [-0.15, -0.1) is 0 Å². The molecule has 2 aromatic rings. The van der Waals surface area contributed by atoms with E-state index in [4.69, 9.17) is 4.74 Å². The number of morpholine rings is 1. The molecule has 0 saturated carbocycles. The number of fused-ring (bicyclic) bond motifs is 1. The van der Waals surface area contributed by atoms with Crippen LogP contribution in [0.3, 0.4) is 0 Å². The van der Waals surface area contributed by atoms with Crippen LogP contribution in [0.2, 0.25) is 0 Å². The van der Waals surface area contributed by atoms with Crippen molar-refractivity contribution in [1.82, 2.24) is 15.2 Å². The van der Waals surface area contributed by atoms with E-state index in [1.54, 1.807) is 31.1 Å². The predicted molar refractivity (Wildman–Crippen MR) is 86.1 cm³/mol. The van der Waals surface area contributed by atoms with Gasteiger partial charge in [0.05, 0.1) is 18.7 Å². The highest BCUT2D eigenvalue weighted by Gasteiger charge is 2.40. The summed E-state index contributed by atoms with van der Waals surface area (Å²) in [6.45, 7) is 2.74. The summed E-state index contributed by atoms with van der Waals surface area (Å²) >= 11 is 0. The molecule has 0 radical (unpaired) electrons. The quantitative estimate of drug-likeness (QED) is 0.905. The highest BCUT2D eigenvalue weighted by atomic mass is 16.5. The van der Waals surface area contributed by atoms with Gasteiger partial charge in [-0.05, 0) is 31.2 Å². The van der Waals surface area contributed by atoms with Crippen molar-refractivity contribution < 1.29 is 14.3 Å². The van der Waals surface area contributed by atoms with Crippen LogP contribution >= 0.6 is 0 Å². The number of hydrogen-bond donors (Lipinski definition) is 1. The van der Waals surface area contributed by atoms with E-state index in [0.717, 1.165) is 10.9 Å². The fourth-order valence-corrected chi connectivity index (χ4v) is 2.84. The first-order chi connectivity index (χ1) is 11.0. The van der Waals surface area contributed by atoms with E-state index in [1.165, 1.54) is 0 Å². The summed E-state index contributed by atoms with van der Waals surface area (Å²) in [7, 11) is 1.56. The highest BCUT2D eigenvalue weighted by molar-refractivity contribution is 5.98. The molecule has 1 saturated heterocycles. The van der Waals surface area contributed by atoms with Gasteiger partial charge in [-0.3, -0.25) is 14.6 Å². The maximum Gasteiger partial charge on any atom is 0.254 e. The van der Waals surface area contributed by atoms with Gasteiger partial charge in [0.25, 0.3) is 11.8 Å². The zero-order chi connectivity index (χ0) is 16.4. The lowest BCUT2D eigenvalue weighted by Crippen LogP contribution is -2.58. The van der Waals surface area contributed by atoms with Crippen LogP contribution in [0.1, 0.15) is 17.3 Å². The van der Waals surface area contributed by atoms with Crippen LogP contribution in [-0.4, -0.2) is 54.0 Å². The topological polar surface area (TPSA) is 71.5 Å². The Morgan fingerprint density at radius 1 is 1.35 bits per heavy atom. The first-order valence-corrected chi connectivity index (χ1v) is 7.54. The number of benzene rings is 1. The van der Waals surface area contributed by atoms with Crippen molar-refractivity contribution in [2.75, 3.05) is 26.7 Å². The standard InChI is InChI=1S/C17H19N3O3/c1-17(16(22)18-2)11-20(8-9-23-17)15(21)13-5-6-14-12(10-13)4-3-7-19-14/h3-7,10H,8-9,11H2,1-2H3,(H,18,22)/t17-/m1/s1. The normalized spacial score (nSPS) is 21.2. The lowest BCUT2D eigenvalue weighted by Gasteiger charge is -2.39. The zero-order valence-corrected chi connectivity index (χ0v) is 13.2. The van der Waals surface area contributed by atoms with Crippen molar-refractivity contribution in [3.63, 3.8) is 0 Å². The number of carbonyl (C=O) groups excluding carboxylic acids is 2. The van der Waals surface area contributed by atoms with Gasteiger partial charge >= 0.3 is 0 Å². The molecule has 3 rings (SSSR count). The van der Waals surface area contributed by atoms with Crippen molar-refractivity contribution in [2.24, 2.45) is 0 Å². The van der Waals surface area contributed by atoms with Crippen molar-refractivity contribution >= 4 is 22.7 Å². The minimum atomic E-state index is -1.01. The number of aromatic nitrogens is 1. The molecule has 1 aliphatic rings. The Balaban J connectivity index is 1.85. The van der Waals surface area contributed by atoms with Gasteiger partial charge in [0, 0.05) is 30.7 Å². The molecular formula is C17H19N3O3. The third-order valence-corrected chi connectivity index (χ3v) is 4.12. The second kappa shape index (κ2) is 5.96. The fraction of sp³-hybridized carbons (Fsp3) is 0.353. The van der Waals surface area contributed by atoms with E-state index >= 15 is 0 Å². The van der Waals surface area contributed by atoms with Crippen LogP contribution in [-0.2, 0) is 9.53 Å². The summed E-state index contributed by atoms with van der Waals surface area (Å²) in [6.07, 6.45) is 1.72. The SMILES string of the molecule is CNC(=O)[C@@]1(C)CN(C(=O)c2ccc3ncccc3c2)CCO1. The Bertz CT molecular complexity index is 762. The number of nitrogens with one attached hydrogen (secondary N) is 1. The summed E-state index contributed by atoms with van der Waals surface area (Å²) < 4.78 is 5.59. The third-order valence-electron chi connectivity index (χ3n) is 4.12. The molecule has 1 aliphatic heterocycles. The molecule has 0 unspecified atom stereocenters. The Morgan fingerprint density at radius 2 is 2.17 bits per heavy atom. The van der Waals surface area contributed by atoms with E-state index < -0.39 is 5.60 Å². The monoisotopic (exact) mass is 313 g/mol. The molecule has 1 N–H and O–H groups in total. The van der Waals surface area contributed by atoms with Crippen LogP contribution in [0.15, 0.2) is 36.5 Å². The number of ether oxygens (including phenoxy) is 1. The maximum atomic E-state index is 12.8. The molecule has 120 valence electrons. The highest BCUT2D eigenvalue weighted by Crippen LogP contribution is 2.21. The fourth-order valence-electron chi connectivity index (χ4n) is 2.84. The maximum absolute atomic E-state index is 12.8. The number of carbonyl (C=O) groups is 2. The second-order valence-corrected chi connectivity index (χ2v) is 5.80. The first-order valence-electron chi connectivity index (χ1n) is 7.54. The first kappa shape index (κ1) is 15.4. The van der Waals surface area contributed by atoms with Crippen LogP contribution in [0, 0.1) is 0 Å². The summed E-state index contributed by atoms with van der Waals surface area (Å²) in [6, 6.07) is 9.20. The van der Waals surface area contributed by atoms with Crippen molar-refractivity contribution in [3.05, 3.63) is 42.1 Å². The van der Waals surface area contributed by atoms with Gasteiger partial charge in [0.15, 0.2) is 5.60 Å². The van der Waals surface area contributed by atoms with Crippen molar-refractivity contribution in [2.45, 2.75) is 12.5 Å². The molecule has 1 fully saturated rings. The number of hydrogen-bond acceptors (Lipinski definition) is 4. The molecule has 0 aliphatic carbocycles. The number of amides is 2. The number of likely N-dealkylation sites (N-methyl/N-ethyl adjacent to an activating group) is 1. The Morgan fingerprint density at radius 3 is 2.96 bits per heavy atom. The Hall–Kier alpha value is -2.47. The number of rotatable bonds is 2. The lowest BCUT2D eigenvalue weighted by atomic mass is 10.0. The summed E-state index contributed by atoms with van der Waals surface area (Å²) in [5, 5.41) is 3.51. The molecular weight excluding hydrogens is 294 g/mol. The molecule has 6 nitrogen and oxygen atoms in total. The molecule has 6 heteroatoms. The van der Waals surface area contributed by atoms with E-state index in [2.05, 4.69) is 10.3 Å². The Labute approximate surface area is 134 Å². The van der Waals surface area contributed by atoms with Gasteiger partial charge in [-0.25, -0.2) is 0 Å². The molecule has 0 bridgehead atoms. The minimum Gasteiger partial charge on any atom is -0.362 e. The second-order valence-electron chi connectivity index (χ2n) is 5.80. The van der Waals surface area contributed by atoms with E-state index in [-0.39, 0.29) is 18.4 Å². The van der Waals surface area contributed by atoms with Gasteiger partial charge in [-0.2, -0.15) is 0 Å². The molecule has 2 heterocycles. The Kier molecular flexibility index (Phi) is 4.00. The zero-order valence-electron chi connectivity index (χ0n) is 13.2. The molecule has 1 aromatic carbocycles. The molecule has 1 atom stereocenters. The van der Waals surface area contributed by atoms with Crippen molar-refractivity contribution in [3.8, 4) is 0 Å². The number of pyridine rings is 1. The van der Waals surface area contributed by atoms with Crippen LogP contribution < -0.4 is 5.32 Å². The minimum absolute atomic E-state index is 0.103. The lowest BCUT2D eigenvalue weighted by molar-refractivity contribution is -0.153. The summed E-state index contributed by atoms with van der Waals surface area (Å²) in [5.41, 5.74) is 0.425. The van der Waals surface area contributed by atoms with E-state index in [1.807, 2.05) is 24.3 Å². The molecule has 2 amide bonds. The van der Waals surface area contributed by atoms with Crippen LogP contribution in [0.4, 0.5) is 0 Å². The van der Waals surface area contributed by atoms with Crippen LogP contribution in [0.25, 0.3) is 10.9 Å². The number of nitrogens with zero attached hydrogens (tertiary/aromatic N) is 2. The average Bonchev–Trinajstić information content (AvgIpc) is 2.60. The molecule has 0 spiro atoms. The largest absolute Gasteiger partial charge is 0.362 e. The van der Waals surface area contributed by atoms with Gasteiger partial charge in [-0.1, -0.05) is 6.07 Å². The molecule has 23 heavy (non-hydrogen) atoms. The molecule has 1 aromatic heterocycles. The van der Waals surface area contributed by atoms with Crippen LogP contribution in [0.5, 0.6) is 0 Å². The summed E-state index contributed by atoms with van der Waals surface area (Å²) in [4.78, 5) is 30.7. The van der Waals surface area contributed by atoms with E-state index in [9.17, 15) is 9.59 Å². The van der Waals surface area contributed by atoms with Gasteiger partial charge < -0.3 is 15.0 Å².